The molecular weight excluding hydrogens is 442 g/mol. The first-order chi connectivity index (χ1) is 15.7. The minimum absolute atomic E-state index is 0.0851. The SMILES string of the molecule is CCC/C=C/[C@@H]1CC[C@@H]2c3cc(F)c(-c4ccc(OC(F)(F)F)c(F)c4)c(F)c3CC[C@@H]2C1. The van der Waals surface area contributed by atoms with Crippen LogP contribution in [0.2, 0.25) is 0 Å². The third kappa shape index (κ3) is 5.07. The van der Waals surface area contributed by atoms with Crippen molar-refractivity contribution in [2.45, 2.75) is 64.1 Å². The number of hydrogen-bond acceptors (Lipinski definition) is 1. The Morgan fingerprint density at radius 2 is 1.82 bits per heavy atom. The molecule has 2 aliphatic carbocycles. The minimum atomic E-state index is -5.06. The standard InChI is InChI=1S/C26H26F6O/c1-2-3-4-5-15-6-9-18-16(12-15)7-10-19-20(18)14-22(28)24(25(19)29)17-8-11-23(21(27)13-17)33-26(30,31)32/h4-5,8,11,13-16,18H,2-3,6-7,9-10,12H2,1H3/b5-4+/t15-,16-,18+/m1/s1. The Kier molecular flexibility index (Phi) is 6.78. The summed E-state index contributed by atoms with van der Waals surface area (Å²) < 4.78 is 85.5. The molecule has 0 amide bonds. The van der Waals surface area contributed by atoms with E-state index in [1.807, 2.05) is 0 Å². The zero-order valence-corrected chi connectivity index (χ0v) is 18.3. The van der Waals surface area contributed by atoms with Crippen LogP contribution in [0, 0.1) is 29.3 Å². The van der Waals surface area contributed by atoms with Gasteiger partial charge in [0.05, 0.1) is 5.56 Å². The molecule has 0 N–H and O–H groups in total. The van der Waals surface area contributed by atoms with Crippen molar-refractivity contribution < 1.29 is 31.1 Å². The Morgan fingerprint density at radius 3 is 2.52 bits per heavy atom. The van der Waals surface area contributed by atoms with Crippen LogP contribution in [0.25, 0.3) is 11.1 Å². The Balaban J connectivity index is 1.61. The molecule has 33 heavy (non-hydrogen) atoms. The van der Waals surface area contributed by atoms with E-state index in [0.29, 0.717) is 35.4 Å². The van der Waals surface area contributed by atoms with E-state index < -0.39 is 35.1 Å². The van der Waals surface area contributed by atoms with Gasteiger partial charge in [-0.1, -0.05) is 31.6 Å². The first-order valence-electron chi connectivity index (χ1n) is 11.4. The monoisotopic (exact) mass is 468 g/mol. The number of benzene rings is 2. The van der Waals surface area contributed by atoms with E-state index in [1.165, 1.54) is 6.07 Å². The van der Waals surface area contributed by atoms with Gasteiger partial charge < -0.3 is 4.74 Å². The van der Waals surface area contributed by atoms with Gasteiger partial charge in [-0.05, 0) is 91.2 Å². The van der Waals surface area contributed by atoms with Gasteiger partial charge in [0.1, 0.15) is 11.6 Å². The number of rotatable bonds is 5. The molecule has 1 nitrogen and oxygen atoms in total. The van der Waals surface area contributed by atoms with Crippen molar-refractivity contribution in [2.75, 3.05) is 0 Å². The maximum atomic E-state index is 15.5. The highest BCUT2D eigenvalue weighted by molar-refractivity contribution is 5.68. The fourth-order valence-corrected chi connectivity index (χ4v) is 5.38. The molecule has 0 saturated heterocycles. The normalized spacial score (nSPS) is 22.8. The molecule has 0 unspecified atom stereocenters. The Morgan fingerprint density at radius 1 is 1.03 bits per heavy atom. The zero-order chi connectivity index (χ0) is 23.8. The Bertz CT molecular complexity index is 1040. The van der Waals surface area contributed by atoms with Crippen molar-refractivity contribution in [3.05, 3.63) is 65.0 Å². The van der Waals surface area contributed by atoms with Gasteiger partial charge in [0, 0.05) is 0 Å². The second kappa shape index (κ2) is 9.43. The maximum Gasteiger partial charge on any atom is 0.573 e. The van der Waals surface area contributed by atoms with Gasteiger partial charge >= 0.3 is 6.36 Å². The summed E-state index contributed by atoms with van der Waals surface area (Å²) >= 11 is 0. The molecule has 0 heterocycles. The molecule has 2 aromatic rings. The molecule has 4 rings (SSSR count). The summed E-state index contributed by atoms with van der Waals surface area (Å²) in [4.78, 5) is 0. The van der Waals surface area contributed by atoms with Crippen LogP contribution in [0.4, 0.5) is 26.3 Å². The number of ether oxygens (including phenoxy) is 1. The van der Waals surface area contributed by atoms with E-state index in [-0.39, 0.29) is 11.5 Å². The molecule has 0 radical (unpaired) electrons. The third-order valence-electron chi connectivity index (χ3n) is 6.85. The Hall–Kier alpha value is -2.44. The van der Waals surface area contributed by atoms with Gasteiger partial charge in [-0.25, -0.2) is 13.2 Å². The average molecular weight is 468 g/mol. The largest absolute Gasteiger partial charge is 0.573 e. The lowest BCUT2D eigenvalue weighted by Crippen LogP contribution is -2.28. The van der Waals surface area contributed by atoms with Crippen molar-refractivity contribution >= 4 is 0 Å². The summed E-state index contributed by atoms with van der Waals surface area (Å²) in [5.41, 5.74) is 0.537. The quantitative estimate of drug-likeness (QED) is 0.316. The van der Waals surface area contributed by atoms with Gasteiger partial charge in [0.25, 0.3) is 0 Å². The summed E-state index contributed by atoms with van der Waals surface area (Å²) in [5, 5.41) is 0. The lowest BCUT2D eigenvalue weighted by molar-refractivity contribution is -0.275. The van der Waals surface area contributed by atoms with E-state index in [9.17, 15) is 17.6 Å². The summed E-state index contributed by atoms with van der Waals surface area (Å²) in [6.45, 7) is 2.13. The molecule has 0 aliphatic heterocycles. The van der Waals surface area contributed by atoms with Gasteiger partial charge in [-0.15, -0.1) is 13.2 Å². The van der Waals surface area contributed by atoms with Crippen molar-refractivity contribution in [1.29, 1.82) is 0 Å². The third-order valence-corrected chi connectivity index (χ3v) is 6.85. The predicted molar refractivity (Wildman–Crippen MR) is 114 cm³/mol. The molecule has 1 fully saturated rings. The molecule has 2 aliphatic rings. The molecule has 1 saturated carbocycles. The number of allylic oxidation sites excluding steroid dienone is 2. The van der Waals surface area contributed by atoms with Gasteiger partial charge in [0.2, 0.25) is 0 Å². The minimum Gasteiger partial charge on any atom is -0.403 e. The fraction of sp³-hybridized carbons (Fsp3) is 0.462. The van der Waals surface area contributed by atoms with E-state index in [4.69, 9.17) is 0 Å². The van der Waals surface area contributed by atoms with Crippen LogP contribution < -0.4 is 4.74 Å². The highest BCUT2D eigenvalue weighted by Crippen LogP contribution is 2.49. The molecule has 2 aromatic carbocycles. The van der Waals surface area contributed by atoms with Crippen LogP contribution in [-0.2, 0) is 6.42 Å². The lowest BCUT2D eigenvalue weighted by atomic mass is 9.65. The lowest BCUT2D eigenvalue weighted by Gasteiger charge is -2.40. The van der Waals surface area contributed by atoms with Gasteiger partial charge in [0.15, 0.2) is 11.6 Å². The molecular formula is C26H26F6O. The number of hydrogen-bond donors (Lipinski definition) is 0. The second-order valence-corrected chi connectivity index (χ2v) is 9.00. The molecule has 178 valence electrons. The first-order valence-corrected chi connectivity index (χ1v) is 11.4. The molecule has 0 aromatic heterocycles. The summed E-state index contributed by atoms with van der Waals surface area (Å²) in [6, 6.07) is 3.79. The van der Waals surface area contributed by atoms with E-state index in [1.54, 1.807) is 0 Å². The number of fused-ring (bicyclic) bond motifs is 3. The highest BCUT2D eigenvalue weighted by atomic mass is 19.4. The topological polar surface area (TPSA) is 9.23 Å². The van der Waals surface area contributed by atoms with Gasteiger partial charge in [-0.2, -0.15) is 0 Å². The van der Waals surface area contributed by atoms with E-state index in [2.05, 4.69) is 23.8 Å². The van der Waals surface area contributed by atoms with E-state index >= 15 is 8.78 Å². The predicted octanol–water partition coefficient (Wildman–Crippen LogP) is 8.47. The van der Waals surface area contributed by atoms with Crippen LogP contribution in [-0.4, -0.2) is 6.36 Å². The fourth-order valence-electron chi connectivity index (χ4n) is 5.38. The molecule has 0 bridgehead atoms. The van der Waals surface area contributed by atoms with Crippen molar-refractivity contribution in [2.24, 2.45) is 11.8 Å². The zero-order valence-electron chi connectivity index (χ0n) is 18.3. The first kappa shape index (κ1) is 23.7. The van der Waals surface area contributed by atoms with Crippen molar-refractivity contribution in [3.63, 3.8) is 0 Å². The van der Waals surface area contributed by atoms with Crippen molar-refractivity contribution in [1.82, 2.24) is 0 Å². The Labute approximate surface area is 189 Å². The summed E-state index contributed by atoms with van der Waals surface area (Å²) in [6.07, 6.45) is 5.67. The average Bonchev–Trinajstić information content (AvgIpc) is 2.74. The smallest absolute Gasteiger partial charge is 0.403 e. The highest BCUT2D eigenvalue weighted by Gasteiger charge is 2.37. The van der Waals surface area contributed by atoms with Crippen molar-refractivity contribution in [3.8, 4) is 16.9 Å². The van der Waals surface area contributed by atoms with E-state index in [0.717, 1.165) is 50.7 Å². The maximum absolute atomic E-state index is 15.5. The van der Waals surface area contributed by atoms with Crippen LogP contribution >= 0.6 is 0 Å². The molecule has 7 heteroatoms. The van der Waals surface area contributed by atoms with Gasteiger partial charge in [-0.3, -0.25) is 0 Å². The number of halogens is 6. The van der Waals surface area contributed by atoms with Crippen LogP contribution in [0.5, 0.6) is 5.75 Å². The van der Waals surface area contributed by atoms with Crippen LogP contribution in [0.3, 0.4) is 0 Å². The molecule has 0 spiro atoms. The van der Waals surface area contributed by atoms with Crippen LogP contribution in [0.1, 0.15) is 62.5 Å². The summed E-state index contributed by atoms with van der Waals surface area (Å²) in [7, 11) is 0. The molecule has 3 atom stereocenters. The number of unbranched alkanes of at least 4 members (excludes halogenated alkanes) is 1. The van der Waals surface area contributed by atoms with Crippen LogP contribution in [0.15, 0.2) is 36.4 Å². The summed E-state index contributed by atoms with van der Waals surface area (Å²) in [5.74, 6) is -3.02. The second-order valence-electron chi connectivity index (χ2n) is 9.00. The number of alkyl halides is 3.